The third kappa shape index (κ3) is 2.95. The quantitative estimate of drug-likeness (QED) is 0.648. The molecule has 2 N–H and O–H groups in total. The zero-order valence-electron chi connectivity index (χ0n) is 10.4. The summed E-state index contributed by atoms with van der Waals surface area (Å²) in [5.74, 6) is 0.868. The Bertz CT molecular complexity index is 783. The Morgan fingerprint density at radius 1 is 1.10 bits per heavy atom. The Labute approximate surface area is 135 Å². The molecule has 0 atom stereocenters. The first kappa shape index (κ1) is 14.1. The smallest absolute Gasteiger partial charge is 0.274 e. The lowest BCUT2D eigenvalue weighted by molar-refractivity contribution is -0.115. The number of nitrogens with one attached hydrogen (secondary N) is 2. The summed E-state index contributed by atoms with van der Waals surface area (Å²) >= 11 is 16.7. The van der Waals surface area contributed by atoms with Crippen LogP contribution < -0.4 is 10.6 Å². The second-order valence-electron chi connectivity index (χ2n) is 4.30. The second-order valence-corrected chi connectivity index (χ2v) is 5.52. The molecule has 21 heavy (non-hydrogen) atoms. The van der Waals surface area contributed by atoms with Gasteiger partial charge in [-0.3, -0.25) is 10.1 Å². The van der Waals surface area contributed by atoms with E-state index >= 15 is 0 Å². The molecule has 0 saturated carbocycles. The maximum absolute atomic E-state index is 11.5. The van der Waals surface area contributed by atoms with Gasteiger partial charge in [0.1, 0.15) is 17.2 Å². The summed E-state index contributed by atoms with van der Waals surface area (Å²) in [5.41, 5.74) is 1.14. The minimum absolute atomic E-state index is 0.280. The van der Waals surface area contributed by atoms with E-state index in [9.17, 15) is 4.79 Å². The molecule has 1 aromatic carbocycles. The summed E-state index contributed by atoms with van der Waals surface area (Å²) in [6.07, 6.45) is 1.58. The van der Waals surface area contributed by atoms with E-state index in [1.54, 1.807) is 36.4 Å². The highest BCUT2D eigenvalue weighted by Gasteiger charge is 2.20. The lowest BCUT2D eigenvalue weighted by Gasteiger charge is -1.99. The van der Waals surface area contributed by atoms with Crippen molar-refractivity contribution in [2.45, 2.75) is 0 Å². The molecule has 4 nitrogen and oxygen atoms in total. The number of hydrogen-bond acceptors (Lipinski definition) is 3. The number of carbonyl (C=O) groups is 1. The monoisotopic (exact) mass is 338 g/mol. The molecule has 1 fully saturated rings. The average Bonchev–Trinajstić information content (AvgIpc) is 3.01. The van der Waals surface area contributed by atoms with Crippen molar-refractivity contribution >= 4 is 52.5 Å². The SMILES string of the molecule is O=C1NC(=S)N/C1=C\c1ccc(-c2ccc(Cl)c(Cl)c2)o1. The van der Waals surface area contributed by atoms with E-state index in [-0.39, 0.29) is 11.0 Å². The van der Waals surface area contributed by atoms with Crippen LogP contribution in [0, 0.1) is 0 Å². The predicted molar refractivity (Wildman–Crippen MR) is 86.0 cm³/mol. The molecule has 0 spiro atoms. The van der Waals surface area contributed by atoms with E-state index in [1.165, 1.54) is 0 Å². The van der Waals surface area contributed by atoms with Crippen LogP contribution in [0.1, 0.15) is 5.76 Å². The molecule has 0 bridgehead atoms. The molecule has 1 aliphatic rings. The molecule has 1 amide bonds. The standard InChI is InChI=1S/C14H8Cl2N2O2S/c15-9-3-1-7(5-10(9)16)12-4-2-8(20-12)6-11-13(19)18-14(21)17-11/h1-6H,(H2,17,18,19,21)/b11-6-. The summed E-state index contributed by atoms with van der Waals surface area (Å²) in [6, 6.07) is 8.76. The van der Waals surface area contributed by atoms with Crippen LogP contribution in [0.25, 0.3) is 17.4 Å². The second kappa shape index (κ2) is 5.52. The molecule has 7 heteroatoms. The molecule has 1 saturated heterocycles. The van der Waals surface area contributed by atoms with Crippen molar-refractivity contribution in [3.63, 3.8) is 0 Å². The molecule has 0 radical (unpaired) electrons. The number of benzene rings is 1. The number of rotatable bonds is 2. The maximum Gasteiger partial charge on any atom is 0.274 e. The molecule has 2 aromatic rings. The van der Waals surface area contributed by atoms with Crippen LogP contribution in [0.15, 0.2) is 40.4 Å². The van der Waals surface area contributed by atoms with Crippen LogP contribution in [0.5, 0.6) is 0 Å². The first-order chi connectivity index (χ1) is 10.0. The van der Waals surface area contributed by atoms with Crippen LogP contribution in [-0.2, 0) is 4.79 Å². The number of carbonyl (C=O) groups excluding carboxylic acids is 1. The minimum atomic E-state index is -0.285. The zero-order valence-corrected chi connectivity index (χ0v) is 12.8. The number of hydrogen-bond donors (Lipinski definition) is 2. The Hall–Kier alpha value is -1.82. The predicted octanol–water partition coefficient (Wildman–Crippen LogP) is 3.60. The molecule has 0 unspecified atom stereocenters. The van der Waals surface area contributed by atoms with Gasteiger partial charge in [-0.1, -0.05) is 23.2 Å². The minimum Gasteiger partial charge on any atom is -0.457 e. The Morgan fingerprint density at radius 2 is 1.90 bits per heavy atom. The van der Waals surface area contributed by atoms with Gasteiger partial charge in [0.05, 0.1) is 10.0 Å². The van der Waals surface area contributed by atoms with Crippen molar-refractivity contribution in [3.05, 3.63) is 51.8 Å². The van der Waals surface area contributed by atoms with Crippen molar-refractivity contribution in [1.29, 1.82) is 0 Å². The Morgan fingerprint density at radius 3 is 2.57 bits per heavy atom. The van der Waals surface area contributed by atoms with Crippen molar-refractivity contribution in [1.82, 2.24) is 10.6 Å². The summed E-state index contributed by atoms with van der Waals surface area (Å²) < 4.78 is 5.67. The van der Waals surface area contributed by atoms with Crippen LogP contribution in [0.2, 0.25) is 10.0 Å². The molecule has 1 aliphatic heterocycles. The molecule has 2 heterocycles. The highest BCUT2D eigenvalue weighted by Crippen LogP contribution is 2.30. The van der Waals surface area contributed by atoms with Gasteiger partial charge in [0.15, 0.2) is 5.11 Å². The van der Waals surface area contributed by atoms with Crippen LogP contribution >= 0.6 is 35.4 Å². The third-order valence-electron chi connectivity index (χ3n) is 2.84. The van der Waals surface area contributed by atoms with Gasteiger partial charge in [-0.05, 0) is 42.5 Å². The lowest BCUT2D eigenvalue weighted by Crippen LogP contribution is -2.21. The van der Waals surface area contributed by atoms with E-state index in [4.69, 9.17) is 39.8 Å². The Kier molecular flexibility index (Phi) is 3.71. The van der Waals surface area contributed by atoms with Crippen molar-refractivity contribution in [3.8, 4) is 11.3 Å². The van der Waals surface area contributed by atoms with Gasteiger partial charge in [-0.2, -0.15) is 0 Å². The first-order valence-corrected chi connectivity index (χ1v) is 7.08. The fourth-order valence-corrected chi connectivity index (χ4v) is 2.36. The highest BCUT2D eigenvalue weighted by molar-refractivity contribution is 7.80. The van der Waals surface area contributed by atoms with Gasteiger partial charge in [0, 0.05) is 11.6 Å². The largest absolute Gasteiger partial charge is 0.457 e. The average molecular weight is 339 g/mol. The zero-order chi connectivity index (χ0) is 15.0. The van der Waals surface area contributed by atoms with Gasteiger partial charge in [0.2, 0.25) is 0 Å². The Balaban J connectivity index is 1.90. The summed E-state index contributed by atoms with van der Waals surface area (Å²) in [5, 5.41) is 6.44. The number of amides is 1. The van der Waals surface area contributed by atoms with E-state index in [0.717, 1.165) is 5.56 Å². The molecular weight excluding hydrogens is 331 g/mol. The molecular formula is C14H8Cl2N2O2S. The molecule has 0 aliphatic carbocycles. The fourth-order valence-electron chi connectivity index (χ4n) is 1.86. The van der Waals surface area contributed by atoms with E-state index < -0.39 is 0 Å². The van der Waals surface area contributed by atoms with E-state index in [2.05, 4.69) is 10.6 Å². The molecule has 1 aromatic heterocycles. The van der Waals surface area contributed by atoms with Gasteiger partial charge >= 0.3 is 0 Å². The van der Waals surface area contributed by atoms with Crippen molar-refractivity contribution in [2.24, 2.45) is 0 Å². The summed E-state index contributed by atoms with van der Waals surface area (Å²) in [6.45, 7) is 0. The van der Waals surface area contributed by atoms with Gasteiger partial charge < -0.3 is 9.73 Å². The fraction of sp³-hybridized carbons (Fsp3) is 0. The van der Waals surface area contributed by atoms with Crippen molar-refractivity contribution < 1.29 is 9.21 Å². The topological polar surface area (TPSA) is 54.3 Å². The summed E-state index contributed by atoms with van der Waals surface area (Å²) in [4.78, 5) is 11.5. The highest BCUT2D eigenvalue weighted by atomic mass is 35.5. The van der Waals surface area contributed by atoms with Crippen LogP contribution in [0.4, 0.5) is 0 Å². The number of furan rings is 1. The van der Waals surface area contributed by atoms with E-state index in [1.807, 2.05) is 0 Å². The molecule has 106 valence electrons. The van der Waals surface area contributed by atoms with Gasteiger partial charge in [0.25, 0.3) is 5.91 Å². The van der Waals surface area contributed by atoms with Crippen molar-refractivity contribution in [2.75, 3.05) is 0 Å². The maximum atomic E-state index is 11.5. The van der Waals surface area contributed by atoms with Crippen LogP contribution in [0.3, 0.4) is 0 Å². The number of halogens is 2. The van der Waals surface area contributed by atoms with E-state index in [0.29, 0.717) is 27.3 Å². The van der Waals surface area contributed by atoms with Gasteiger partial charge in [-0.15, -0.1) is 0 Å². The molecule has 3 rings (SSSR count). The summed E-state index contributed by atoms with van der Waals surface area (Å²) in [7, 11) is 0. The normalized spacial score (nSPS) is 16.2. The first-order valence-electron chi connectivity index (χ1n) is 5.92. The van der Waals surface area contributed by atoms with Gasteiger partial charge in [-0.25, -0.2) is 0 Å². The lowest BCUT2D eigenvalue weighted by atomic mass is 10.2. The van der Waals surface area contributed by atoms with Crippen LogP contribution in [-0.4, -0.2) is 11.0 Å². The third-order valence-corrected chi connectivity index (χ3v) is 3.78. The number of thiocarbonyl (C=S) groups is 1.